The fourth-order valence-electron chi connectivity index (χ4n) is 3.46. The van der Waals surface area contributed by atoms with Gasteiger partial charge in [-0.15, -0.1) is 0 Å². The second-order valence-corrected chi connectivity index (χ2v) is 6.71. The molecule has 1 fully saturated rings. The molecule has 0 saturated carbocycles. The van der Waals surface area contributed by atoms with Crippen molar-refractivity contribution < 1.29 is 4.74 Å². The molecule has 1 saturated heterocycles. The Kier molecular flexibility index (Phi) is 6.53. The molecule has 3 rings (SSSR count). The Balaban J connectivity index is 1.33. The van der Waals surface area contributed by atoms with Gasteiger partial charge < -0.3 is 20.3 Å². The molecule has 2 aliphatic rings. The van der Waals surface area contributed by atoms with E-state index in [9.17, 15) is 0 Å². The molecule has 1 atom stereocenters. The zero-order valence-electron chi connectivity index (χ0n) is 15.5. The molecular weight excluding hydrogens is 314 g/mol. The van der Waals surface area contributed by atoms with Crippen molar-refractivity contribution in [2.45, 2.75) is 19.4 Å². The minimum absolute atomic E-state index is 0.179. The zero-order valence-corrected chi connectivity index (χ0v) is 15.5. The van der Waals surface area contributed by atoms with Gasteiger partial charge in [-0.05, 0) is 18.2 Å². The van der Waals surface area contributed by atoms with E-state index in [1.807, 2.05) is 19.2 Å². The van der Waals surface area contributed by atoms with Crippen molar-refractivity contribution in [3.63, 3.8) is 0 Å². The fraction of sp³-hybridized carbons (Fsp3) is 0.632. The van der Waals surface area contributed by atoms with Crippen LogP contribution in [-0.2, 0) is 6.42 Å². The third kappa shape index (κ3) is 5.09. The summed E-state index contributed by atoms with van der Waals surface area (Å²) in [6.45, 7) is 10.8. The van der Waals surface area contributed by atoms with Crippen molar-refractivity contribution in [3.05, 3.63) is 29.8 Å². The van der Waals surface area contributed by atoms with E-state index in [1.54, 1.807) is 0 Å². The molecule has 2 N–H and O–H groups in total. The van der Waals surface area contributed by atoms with Crippen LogP contribution < -0.4 is 15.4 Å². The normalized spacial score (nSPS) is 21.7. The number of nitrogens with one attached hydrogen (secondary N) is 2. The lowest BCUT2D eigenvalue weighted by Gasteiger charge is -2.34. The van der Waals surface area contributed by atoms with Gasteiger partial charge in [0.05, 0.1) is 6.54 Å². The molecule has 0 amide bonds. The second-order valence-electron chi connectivity index (χ2n) is 6.71. The predicted octanol–water partition coefficient (Wildman–Crippen LogP) is 0.793. The summed E-state index contributed by atoms with van der Waals surface area (Å²) >= 11 is 0. The highest BCUT2D eigenvalue weighted by Crippen LogP contribution is 2.27. The summed E-state index contributed by atoms with van der Waals surface area (Å²) in [6, 6.07) is 8.27. The molecule has 138 valence electrons. The van der Waals surface area contributed by atoms with Gasteiger partial charge >= 0.3 is 0 Å². The summed E-state index contributed by atoms with van der Waals surface area (Å²) in [4.78, 5) is 9.34. The van der Waals surface area contributed by atoms with Gasteiger partial charge in [-0.1, -0.05) is 25.1 Å². The number of para-hydroxylation sites is 1. The van der Waals surface area contributed by atoms with Crippen molar-refractivity contribution in [3.8, 4) is 5.75 Å². The van der Waals surface area contributed by atoms with E-state index in [0.717, 1.165) is 57.4 Å². The van der Waals surface area contributed by atoms with Crippen molar-refractivity contribution in [2.24, 2.45) is 4.99 Å². The zero-order chi connectivity index (χ0) is 17.5. The Bertz CT molecular complexity index is 544. The number of nitrogens with zero attached hydrogens (tertiary/aromatic N) is 3. The molecule has 0 aliphatic carbocycles. The lowest BCUT2D eigenvalue weighted by molar-refractivity contribution is 0.139. The topological polar surface area (TPSA) is 52.1 Å². The fourth-order valence-corrected chi connectivity index (χ4v) is 3.46. The third-order valence-electron chi connectivity index (χ3n) is 5.07. The molecule has 1 aromatic rings. The van der Waals surface area contributed by atoms with Gasteiger partial charge in [0.15, 0.2) is 5.96 Å². The van der Waals surface area contributed by atoms with Crippen LogP contribution in [0.15, 0.2) is 29.3 Å². The van der Waals surface area contributed by atoms with Crippen LogP contribution >= 0.6 is 0 Å². The standard InChI is InChI=1S/C19H31N5O/c1-3-23-10-12-24(13-11-23)9-8-21-19(20-2)22-15-17-14-16-6-4-5-7-18(16)25-17/h4-7,17H,3,8-15H2,1-2H3,(H2,20,21,22). The van der Waals surface area contributed by atoms with Crippen LogP contribution in [-0.4, -0.2) is 81.3 Å². The van der Waals surface area contributed by atoms with Crippen LogP contribution in [0.25, 0.3) is 0 Å². The number of rotatable bonds is 6. The number of hydrogen-bond acceptors (Lipinski definition) is 4. The maximum absolute atomic E-state index is 5.96. The van der Waals surface area contributed by atoms with Gasteiger partial charge in [-0.3, -0.25) is 9.89 Å². The van der Waals surface area contributed by atoms with E-state index in [2.05, 4.69) is 44.5 Å². The summed E-state index contributed by atoms with van der Waals surface area (Å²) < 4.78 is 5.96. The van der Waals surface area contributed by atoms with E-state index in [1.165, 1.54) is 18.7 Å². The first-order valence-corrected chi connectivity index (χ1v) is 9.42. The number of guanidine groups is 1. The van der Waals surface area contributed by atoms with Gasteiger partial charge in [-0.25, -0.2) is 0 Å². The highest BCUT2D eigenvalue weighted by molar-refractivity contribution is 5.79. The first kappa shape index (κ1) is 18.0. The molecule has 2 aliphatic heterocycles. The van der Waals surface area contributed by atoms with Gasteiger partial charge in [0, 0.05) is 52.7 Å². The summed E-state index contributed by atoms with van der Waals surface area (Å²) in [5.74, 6) is 1.87. The van der Waals surface area contributed by atoms with Crippen LogP contribution in [0.1, 0.15) is 12.5 Å². The summed E-state index contributed by atoms with van der Waals surface area (Å²) in [5.41, 5.74) is 1.29. The molecule has 6 heteroatoms. The van der Waals surface area contributed by atoms with Gasteiger partial charge in [0.25, 0.3) is 0 Å². The number of piperazine rings is 1. The van der Waals surface area contributed by atoms with Crippen LogP contribution in [0.2, 0.25) is 0 Å². The minimum atomic E-state index is 0.179. The van der Waals surface area contributed by atoms with Crippen LogP contribution in [0.4, 0.5) is 0 Å². The largest absolute Gasteiger partial charge is 0.488 e. The highest BCUT2D eigenvalue weighted by atomic mass is 16.5. The van der Waals surface area contributed by atoms with Crippen molar-refractivity contribution in [1.29, 1.82) is 0 Å². The average molecular weight is 345 g/mol. The predicted molar refractivity (Wildman–Crippen MR) is 102 cm³/mol. The lowest BCUT2D eigenvalue weighted by Crippen LogP contribution is -2.49. The third-order valence-corrected chi connectivity index (χ3v) is 5.07. The van der Waals surface area contributed by atoms with Gasteiger partial charge in [0.1, 0.15) is 11.9 Å². The molecule has 6 nitrogen and oxygen atoms in total. The number of benzene rings is 1. The Morgan fingerprint density at radius 2 is 1.92 bits per heavy atom. The first-order valence-electron chi connectivity index (χ1n) is 9.42. The number of likely N-dealkylation sites (N-methyl/N-ethyl adjacent to an activating group) is 1. The van der Waals surface area contributed by atoms with E-state index in [0.29, 0.717) is 0 Å². The maximum Gasteiger partial charge on any atom is 0.191 e. The summed E-state index contributed by atoms with van der Waals surface area (Å²) in [5, 5.41) is 6.80. The number of ether oxygens (including phenoxy) is 1. The summed E-state index contributed by atoms with van der Waals surface area (Å²) in [7, 11) is 1.82. The molecule has 0 aromatic heterocycles. The molecule has 0 bridgehead atoms. The SMILES string of the molecule is CCN1CCN(CCNC(=NC)NCC2Cc3ccccc3O2)CC1. The quantitative estimate of drug-likeness (QED) is 0.590. The molecule has 1 aromatic carbocycles. The molecule has 0 spiro atoms. The van der Waals surface area contributed by atoms with Gasteiger partial charge in [-0.2, -0.15) is 0 Å². The van der Waals surface area contributed by atoms with Crippen molar-refractivity contribution >= 4 is 5.96 Å². The molecule has 0 radical (unpaired) electrons. The molecule has 2 heterocycles. The Morgan fingerprint density at radius 1 is 1.16 bits per heavy atom. The number of hydrogen-bond donors (Lipinski definition) is 2. The number of aliphatic imine (C=N–C) groups is 1. The minimum Gasteiger partial charge on any atom is -0.488 e. The monoisotopic (exact) mass is 345 g/mol. The van der Waals surface area contributed by atoms with E-state index in [4.69, 9.17) is 4.74 Å². The average Bonchev–Trinajstić information content (AvgIpc) is 3.08. The summed E-state index contributed by atoms with van der Waals surface area (Å²) in [6.07, 6.45) is 1.14. The molecule has 1 unspecified atom stereocenters. The van der Waals surface area contributed by atoms with Crippen molar-refractivity contribution in [1.82, 2.24) is 20.4 Å². The van der Waals surface area contributed by atoms with E-state index in [-0.39, 0.29) is 6.10 Å². The van der Waals surface area contributed by atoms with E-state index >= 15 is 0 Å². The van der Waals surface area contributed by atoms with Crippen molar-refractivity contribution in [2.75, 3.05) is 59.4 Å². The van der Waals surface area contributed by atoms with Gasteiger partial charge in [0.2, 0.25) is 0 Å². The Morgan fingerprint density at radius 3 is 2.64 bits per heavy atom. The molecule has 25 heavy (non-hydrogen) atoms. The maximum atomic E-state index is 5.96. The smallest absolute Gasteiger partial charge is 0.191 e. The Hall–Kier alpha value is -1.79. The van der Waals surface area contributed by atoms with Crippen LogP contribution in [0.3, 0.4) is 0 Å². The lowest BCUT2D eigenvalue weighted by atomic mass is 10.1. The second kappa shape index (κ2) is 9.06. The van der Waals surface area contributed by atoms with Crippen LogP contribution in [0.5, 0.6) is 5.75 Å². The first-order chi connectivity index (χ1) is 12.3. The number of fused-ring (bicyclic) bond motifs is 1. The Labute approximate surface area is 151 Å². The highest BCUT2D eigenvalue weighted by Gasteiger charge is 2.22. The van der Waals surface area contributed by atoms with E-state index < -0.39 is 0 Å². The molecular formula is C19H31N5O. The van der Waals surface area contributed by atoms with Crippen LogP contribution in [0, 0.1) is 0 Å².